The molecule has 2 aromatic rings. The van der Waals surface area contributed by atoms with E-state index in [0.717, 1.165) is 11.3 Å². The Morgan fingerprint density at radius 2 is 1.63 bits per heavy atom. The minimum Gasteiger partial charge on any atom is -0.493 e. The van der Waals surface area contributed by atoms with Crippen LogP contribution in [0.5, 0.6) is 17.2 Å². The highest BCUT2D eigenvalue weighted by atomic mass is 79.9. The average Bonchev–Trinajstić information content (AvgIpc) is 2.45. The van der Waals surface area contributed by atoms with E-state index in [9.17, 15) is 0 Å². The molecule has 0 amide bonds. The van der Waals surface area contributed by atoms with Crippen LogP contribution in [0.3, 0.4) is 0 Å². The molecule has 100 valence electrons. The van der Waals surface area contributed by atoms with Gasteiger partial charge in [-0.05, 0) is 34.1 Å². The predicted octanol–water partition coefficient (Wildman–Crippen LogP) is 2.93. The summed E-state index contributed by atoms with van der Waals surface area (Å²) < 4.78 is 16.4. The quantitative estimate of drug-likeness (QED) is 0.809. The van der Waals surface area contributed by atoms with Gasteiger partial charge in [-0.2, -0.15) is 0 Å². The van der Waals surface area contributed by atoms with Gasteiger partial charge < -0.3 is 14.2 Å². The van der Waals surface area contributed by atoms with Gasteiger partial charge in [-0.3, -0.25) is 0 Å². The highest BCUT2D eigenvalue weighted by Gasteiger charge is 2.14. The minimum absolute atomic E-state index is 0.527. The fourth-order valence-corrected chi connectivity index (χ4v) is 2.03. The van der Waals surface area contributed by atoms with Crippen LogP contribution < -0.4 is 14.2 Å². The van der Waals surface area contributed by atoms with Crippen LogP contribution in [-0.4, -0.2) is 31.3 Å². The van der Waals surface area contributed by atoms with E-state index in [-0.39, 0.29) is 0 Å². The number of methoxy groups -OCH3 is 3. The lowest BCUT2D eigenvalue weighted by Crippen LogP contribution is -1.96. The molecule has 5 nitrogen and oxygen atoms in total. The lowest BCUT2D eigenvalue weighted by Gasteiger charge is -2.13. The number of rotatable bonds is 4. The third-order valence-corrected chi connectivity index (χ3v) is 2.97. The molecule has 0 unspecified atom stereocenters. The van der Waals surface area contributed by atoms with E-state index in [0.29, 0.717) is 22.0 Å². The molecule has 0 radical (unpaired) electrons. The number of hydrogen-bond acceptors (Lipinski definition) is 5. The number of ether oxygens (including phenoxy) is 3. The van der Waals surface area contributed by atoms with Gasteiger partial charge in [0.25, 0.3) is 0 Å². The lowest BCUT2D eigenvalue weighted by molar-refractivity contribution is 0.324. The molecule has 0 saturated carbocycles. The van der Waals surface area contributed by atoms with Crippen LogP contribution >= 0.6 is 15.9 Å². The molecule has 0 aliphatic heterocycles. The fraction of sp³-hybridized carbons (Fsp3) is 0.231. The van der Waals surface area contributed by atoms with Crippen LogP contribution in [0.4, 0.5) is 0 Å². The second-order valence-electron chi connectivity index (χ2n) is 3.62. The van der Waals surface area contributed by atoms with Crippen molar-refractivity contribution in [1.82, 2.24) is 9.97 Å². The number of hydrogen-bond donors (Lipinski definition) is 0. The fourth-order valence-electron chi connectivity index (χ4n) is 1.72. The Labute approximate surface area is 119 Å². The first-order chi connectivity index (χ1) is 9.19. The van der Waals surface area contributed by atoms with Crippen LogP contribution in [0.1, 0.15) is 0 Å². The summed E-state index contributed by atoms with van der Waals surface area (Å²) in [7, 11) is 4.73. The Hall–Kier alpha value is -1.82. The van der Waals surface area contributed by atoms with Crippen molar-refractivity contribution in [2.45, 2.75) is 0 Å². The second-order valence-corrected chi connectivity index (χ2v) is 4.33. The number of nitrogens with zero attached hydrogens (tertiary/aromatic N) is 2. The average molecular weight is 325 g/mol. The van der Waals surface area contributed by atoms with Crippen LogP contribution in [0.15, 0.2) is 29.1 Å². The first-order valence-electron chi connectivity index (χ1n) is 5.48. The number of halogens is 1. The molecule has 1 aromatic carbocycles. The van der Waals surface area contributed by atoms with Crippen molar-refractivity contribution in [3.05, 3.63) is 29.1 Å². The first-order valence-corrected chi connectivity index (χ1v) is 6.27. The highest BCUT2D eigenvalue weighted by molar-refractivity contribution is 9.10. The molecule has 1 aromatic heterocycles. The zero-order valence-electron chi connectivity index (χ0n) is 10.8. The molecule has 0 N–H and O–H groups in total. The third kappa shape index (κ3) is 2.78. The standard InChI is InChI=1S/C13H13BrN2O3/c1-17-10-6-8(7-11(18-2)12(10)19-3)9-4-5-15-13(14)16-9/h4-7H,1-3H3. The normalized spacial score (nSPS) is 10.1. The summed E-state index contributed by atoms with van der Waals surface area (Å²) in [6, 6.07) is 5.50. The van der Waals surface area contributed by atoms with Crippen LogP contribution in [-0.2, 0) is 0 Å². The molecular weight excluding hydrogens is 312 g/mol. The summed E-state index contributed by atoms with van der Waals surface area (Å²) in [4.78, 5) is 8.31. The van der Waals surface area contributed by atoms with Crippen LogP contribution in [0.2, 0.25) is 0 Å². The van der Waals surface area contributed by atoms with Crippen molar-refractivity contribution in [1.29, 1.82) is 0 Å². The maximum absolute atomic E-state index is 5.31. The zero-order chi connectivity index (χ0) is 13.8. The van der Waals surface area contributed by atoms with E-state index in [1.807, 2.05) is 18.2 Å². The highest BCUT2D eigenvalue weighted by Crippen LogP contribution is 2.40. The molecule has 2 rings (SSSR count). The minimum atomic E-state index is 0.527. The van der Waals surface area contributed by atoms with Crippen molar-refractivity contribution >= 4 is 15.9 Å². The monoisotopic (exact) mass is 324 g/mol. The van der Waals surface area contributed by atoms with Crippen LogP contribution in [0, 0.1) is 0 Å². The SMILES string of the molecule is COc1cc(-c2ccnc(Br)n2)cc(OC)c1OC. The van der Waals surface area contributed by atoms with Gasteiger partial charge >= 0.3 is 0 Å². The molecule has 0 aliphatic carbocycles. The Morgan fingerprint density at radius 3 is 2.11 bits per heavy atom. The molecule has 0 aliphatic rings. The molecule has 0 atom stereocenters. The summed E-state index contributed by atoms with van der Waals surface area (Å²) in [6.45, 7) is 0. The second kappa shape index (κ2) is 5.88. The topological polar surface area (TPSA) is 53.5 Å². The van der Waals surface area contributed by atoms with Gasteiger partial charge in [0.15, 0.2) is 16.2 Å². The lowest BCUT2D eigenvalue weighted by atomic mass is 10.1. The predicted molar refractivity (Wildman–Crippen MR) is 74.8 cm³/mol. The Bertz CT molecular complexity index is 565. The third-order valence-electron chi connectivity index (χ3n) is 2.59. The summed E-state index contributed by atoms with van der Waals surface area (Å²) in [6.07, 6.45) is 1.68. The van der Waals surface area contributed by atoms with Gasteiger partial charge in [0.1, 0.15) is 0 Å². The van der Waals surface area contributed by atoms with Gasteiger partial charge in [-0.25, -0.2) is 9.97 Å². The van der Waals surface area contributed by atoms with E-state index >= 15 is 0 Å². The number of benzene rings is 1. The maximum atomic E-state index is 5.31. The van der Waals surface area contributed by atoms with E-state index < -0.39 is 0 Å². The van der Waals surface area contributed by atoms with Crippen molar-refractivity contribution in [3.63, 3.8) is 0 Å². The Kier molecular flexibility index (Phi) is 4.21. The summed E-state index contributed by atoms with van der Waals surface area (Å²) >= 11 is 3.25. The molecule has 0 bridgehead atoms. The number of aromatic nitrogens is 2. The first kappa shape index (κ1) is 13.6. The van der Waals surface area contributed by atoms with Gasteiger partial charge in [-0.1, -0.05) is 0 Å². The summed E-state index contributed by atoms with van der Waals surface area (Å²) in [5.41, 5.74) is 1.62. The summed E-state index contributed by atoms with van der Waals surface area (Å²) in [5, 5.41) is 0. The summed E-state index contributed by atoms with van der Waals surface area (Å²) in [5.74, 6) is 1.74. The van der Waals surface area contributed by atoms with Crippen molar-refractivity contribution in [2.75, 3.05) is 21.3 Å². The Balaban J connectivity index is 2.59. The van der Waals surface area contributed by atoms with E-state index in [2.05, 4.69) is 25.9 Å². The maximum Gasteiger partial charge on any atom is 0.203 e. The van der Waals surface area contributed by atoms with Crippen molar-refractivity contribution in [2.24, 2.45) is 0 Å². The van der Waals surface area contributed by atoms with E-state index in [4.69, 9.17) is 14.2 Å². The molecule has 19 heavy (non-hydrogen) atoms. The molecule has 0 spiro atoms. The molecule has 1 heterocycles. The zero-order valence-corrected chi connectivity index (χ0v) is 12.4. The largest absolute Gasteiger partial charge is 0.493 e. The van der Waals surface area contributed by atoms with Crippen molar-refractivity contribution in [3.8, 4) is 28.5 Å². The smallest absolute Gasteiger partial charge is 0.203 e. The van der Waals surface area contributed by atoms with Gasteiger partial charge in [0.2, 0.25) is 5.75 Å². The van der Waals surface area contributed by atoms with Crippen molar-refractivity contribution < 1.29 is 14.2 Å². The van der Waals surface area contributed by atoms with Gasteiger partial charge in [0, 0.05) is 11.8 Å². The molecular formula is C13H13BrN2O3. The van der Waals surface area contributed by atoms with E-state index in [1.165, 1.54) is 0 Å². The van der Waals surface area contributed by atoms with Gasteiger partial charge in [0.05, 0.1) is 27.0 Å². The van der Waals surface area contributed by atoms with Crippen LogP contribution in [0.25, 0.3) is 11.3 Å². The Morgan fingerprint density at radius 1 is 1.00 bits per heavy atom. The van der Waals surface area contributed by atoms with Gasteiger partial charge in [-0.15, -0.1) is 0 Å². The van der Waals surface area contributed by atoms with E-state index in [1.54, 1.807) is 27.5 Å². The molecule has 0 fully saturated rings. The molecule has 0 saturated heterocycles. The molecule has 6 heteroatoms.